The molecule has 0 fully saturated rings. The molecule has 0 saturated heterocycles. The molecule has 24 heavy (non-hydrogen) atoms. The van der Waals surface area contributed by atoms with Crippen molar-refractivity contribution < 1.29 is 14.1 Å². The molecule has 0 spiro atoms. The van der Waals surface area contributed by atoms with Crippen LogP contribution in [0.2, 0.25) is 0 Å². The molecule has 3 rings (SSSR count). The minimum absolute atomic E-state index is 0.178. The number of amides is 1. The first-order valence-electron chi connectivity index (χ1n) is 7.27. The monoisotopic (exact) mass is 328 g/mol. The smallest absolute Gasteiger partial charge is 0.297 e. The summed E-state index contributed by atoms with van der Waals surface area (Å²) < 4.78 is 11.2. The van der Waals surface area contributed by atoms with Crippen molar-refractivity contribution >= 4 is 22.5 Å². The summed E-state index contributed by atoms with van der Waals surface area (Å²) in [6, 6.07) is 6.88. The average Bonchev–Trinajstić information content (AvgIpc) is 2.95. The van der Waals surface area contributed by atoms with E-state index in [0.717, 1.165) is 4.68 Å². The van der Waals surface area contributed by atoms with Crippen molar-refractivity contribution in [2.24, 2.45) is 0 Å². The summed E-state index contributed by atoms with van der Waals surface area (Å²) >= 11 is 0. The first-order chi connectivity index (χ1) is 11.5. The number of rotatable bonds is 4. The lowest BCUT2D eigenvalue weighted by Crippen LogP contribution is -2.30. The van der Waals surface area contributed by atoms with E-state index in [1.54, 1.807) is 45.2 Å². The third-order valence-electron chi connectivity index (χ3n) is 3.60. The Bertz CT molecular complexity index is 957. The van der Waals surface area contributed by atoms with Crippen molar-refractivity contribution in [3.63, 3.8) is 0 Å². The van der Waals surface area contributed by atoms with Gasteiger partial charge in [0, 0.05) is 5.69 Å². The molecule has 0 saturated carbocycles. The fourth-order valence-electron chi connectivity index (χ4n) is 2.46. The molecule has 8 nitrogen and oxygen atoms in total. The van der Waals surface area contributed by atoms with Crippen LogP contribution < -0.4 is 15.6 Å². The molecule has 2 aromatic heterocycles. The normalized spacial score (nSPS) is 10.8. The number of anilines is 1. The predicted molar refractivity (Wildman–Crippen MR) is 87.2 cm³/mol. The first-order valence-corrected chi connectivity index (χ1v) is 7.27. The Morgan fingerprint density at radius 1 is 1.29 bits per heavy atom. The molecular weight excluding hydrogens is 312 g/mol. The SMILES string of the molecule is COc1ccc(NC(=O)Cn2nc(C)c3c(C)onc3c2=O)cc1. The Balaban J connectivity index is 1.82. The highest BCUT2D eigenvalue weighted by molar-refractivity contribution is 5.90. The maximum absolute atomic E-state index is 12.3. The van der Waals surface area contributed by atoms with Crippen LogP contribution in [0.4, 0.5) is 5.69 Å². The molecule has 0 atom stereocenters. The summed E-state index contributed by atoms with van der Waals surface area (Å²) in [7, 11) is 1.57. The number of nitrogens with one attached hydrogen (secondary N) is 1. The number of hydrogen-bond acceptors (Lipinski definition) is 6. The molecule has 0 radical (unpaired) electrons. The molecule has 0 aliphatic heterocycles. The van der Waals surface area contributed by atoms with E-state index < -0.39 is 5.56 Å². The summed E-state index contributed by atoms with van der Waals surface area (Å²) in [5.74, 6) is 0.851. The molecule has 0 aliphatic rings. The highest BCUT2D eigenvalue weighted by atomic mass is 16.5. The van der Waals surface area contributed by atoms with Gasteiger partial charge < -0.3 is 14.6 Å². The fourth-order valence-corrected chi connectivity index (χ4v) is 2.46. The molecule has 2 heterocycles. The standard InChI is InChI=1S/C16H16N4O4/c1-9-14-10(2)24-19-15(14)16(22)20(18-9)8-13(21)17-11-4-6-12(23-3)7-5-11/h4-7H,8H2,1-3H3,(H,17,21). The van der Waals surface area contributed by atoms with Crippen molar-refractivity contribution in [1.29, 1.82) is 0 Å². The Kier molecular flexibility index (Phi) is 4.03. The van der Waals surface area contributed by atoms with Gasteiger partial charge in [-0.25, -0.2) is 4.68 Å². The van der Waals surface area contributed by atoms with Gasteiger partial charge in [0.15, 0.2) is 5.52 Å². The number of methoxy groups -OCH3 is 1. The Morgan fingerprint density at radius 3 is 2.67 bits per heavy atom. The predicted octanol–water partition coefficient (Wildman–Crippen LogP) is 1.65. The Hall–Kier alpha value is -3.16. The van der Waals surface area contributed by atoms with Crippen molar-refractivity contribution in [3.8, 4) is 5.75 Å². The van der Waals surface area contributed by atoms with Gasteiger partial charge in [0.25, 0.3) is 5.56 Å². The second-order valence-electron chi connectivity index (χ2n) is 5.29. The van der Waals surface area contributed by atoms with E-state index >= 15 is 0 Å². The van der Waals surface area contributed by atoms with Crippen LogP contribution in [0.1, 0.15) is 11.5 Å². The minimum Gasteiger partial charge on any atom is -0.497 e. The lowest BCUT2D eigenvalue weighted by atomic mass is 10.2. The van der Waals surface area contributed by atoms with Gasteiger partial charge in [-0.15, -0.1) is 0 Å². The van der Waals surface area contributed by atoms with Crippen molar-refractivity contribution in [3.05, 3.63) is 46.1 Å². The van der Waals surface area contributed by atoms with Crippen molar-refractivity contribution in [1.82, 2.24) is 14.9 Å². The van der Waals surface area contributed by atoms with Gasteiger partial charge >= 0.3 is 0 Å². The molecule has 1 amide bonds. The van der Waals surface area contributed by atoms with E-state index in [1.807, 2.05) is 0 Å². The molecule has 0 bridgehead atoms. The molecule has 8 heteroatoms. The zero-order chi connectivity index (χ0) is 17.3. The zero-order valence-corrected chi connectivity index (χ0v) is 13.5. The van der Waals surface area contributed by atoms with Gasteiger partial charge in [-0.1, -0.05) is 5.16 Å². The van der Waals surface area contributed by atoms with E-state index in [9.17, 15) is 9.59 Å². The van der Waals surface area contributed by atoms with Gasteiger partial charge in [0.1, 0.15) is 18.1 Å². The number of hydrogen-bond donors (Lipinski definition) is 1. The van der Waals surface area contributed by atoms with Crippen molar-refractivity contribution in [2.45, 2.75) is 20.4 Å². The van der Waals surface area contributed by atoms with E-state index in [-0.39, 0.29) is 18.0 Å². The quantitative estimate of drug-likeness (QED) is 0.782. The molecule has 0 unspecified atom stereocenters. The van der Waals surface area contributed by atoms with Crippen LogP contribution in [0, 0.1) is 13.8 Å². The number of carbonyl (C=O) groups excluding carboxylic acids is 1. The minimum atomic E-state index is -0.461. The van der Waals surface area contributed by atoms with Crippen LogP contribution in [-0.2, 0) is 11.3 Å². The molecular formula is C16H16N4O4. The van der Waals surface area contributed by atoms with Gasteiger partial charge in [0.05, 0.1) is 18.2 Å². The van der Waals surface area contributed by atoms with Crippen molar-refractivity contribution in [2.75, 3.05) is 12.4 Å². The van der Waals surface area contributed by atoms with Crippen LogP contribution in [0.3, 0.4) is 0 Å². The third kappa shape index (κ3) is 2.85. The van der Waals surface area contributed by atoms with Crippen LogP contribution in [0.15, 0.2) is 33.6 Å². The number of benzene rings is 1. The van der Waals surface area contributed by atoms with E-state index in [0.29, 0.717) is 28.3 Å². The number of aromatic nitrogens is 3. The number of ether oxygens (including phenoxy) is 1. The van der Waals surface area contributed by atoms with Gasteiger partial charge in [-0.2, -0.15) is 5.10 Å². The van der Waals surface area contributed by atoms with Crippen LogP contribution in [-0.4, -0.2) is 28.0 Å². The molecule has 1 N–H and O–H groups in total. The summed E-state index contributed by atoms with van der Waals surface area (Å²) in [6.45, 7) is 3.24. The number of carbonyl (C=O) groups is 1. The lowest BCUT2D eigenvalue weighted by Gasteiger charge is -2.08. The topological polar surface area (TPSA) is 99.2 Å². The van der Waals surface area contributed by atoms with Gasteiger partial charge in [0.2, 0.25) is 5.91 Å². The van der Waals surface area contributed by atoms with Crippen LogP contribution in [0.5, 0.6) is 5.75 Å². The number of aryl methyl sites for hydroxylation is 2. The van der Waals surface area contributed by atoms with Crippen LogP contribution >= 0.6 is 0 Å². The third-order valence-corrected chi connectivity index (χ3v) is 3.60. The maximum Gasteiger partial charge on any atom is 0.297 e. The molecule has 0 aliphatic carbocycles. The molecule has 124 valence electrons. The summed E-state index contributed by atoms with van der Waals surface area (Å²) in [4.78, 5) is 24.5. The summed E-state index contributed by atoms with van der Waals surface area (Å²) in [5, 5.41) is 11.2. The Labute approximate surface area is 137 Å². The number of fused-ring (bicyclic) bond motifs is 1. The van der Waals surface area contributed by atoms with Crippen LogP contribution in [0.25, 0.3) is 10.9 Å². The zero-order valence-electron chi connectivity index (χ0n) is 13.5. The first kappa shape index (κ1) is 15.7. The maximum atomic E-state index is 12.3. The average molecular weight is 328 g/mol. The van der Waals surface area contributed by atoms with Gasteiger partial charge in [-0.3, -0.25) is 9.59 Å². The number of nitrogens with zero attached hydrogens (tertiary/aromatic N) is 3. The van der Waals surface area contributed by atoms with Gasteiger partial charge in [-0.05, 0) is 38.1 Å². The van der Waals surface area contributed by atoms with E-state index in [4.69, 9.17) is 9.26 Å². The summed E-state index contributed by atoms with van der Waals surface area (Å²) in [6.07, 6.45) is 0. The Morgan fingerprint density at radius 2 is 2.00 bits per heavy atom. The van der Waals surface area contributed by atoms with E-state index in [1.165, 1.54) is 0 Å². The fraction of sp³-hybridized carbons (Fsp3) is 0.250. The lowest BCUT2D eigenvalue weighted by molar-refractivity contribution is -0.117. The largest absolute Gasteiger partial charge is 0.497 e. The molecule has 1 aromatic carbocycles. The second kappa shape index (κ2) is 6.15. The highest BCUT2D eigenvalue weighted by Crippen LogP contribution is 2.17. The molecule has 3 aromatic rings. The second-order valence-corrected chi connectivity index (χ2v) is 5.29. The highest BCUT2D eigenvalue weighted by Gasteiger charge is 2.16. The van der Waals surface area contributed by atoms with E-state index in [2.05, 4.69) is 15.6 Å². The summed E-state index contributed by atoms with van der Waals surface area (Å²) in [5.41, 5.74) is 0.902.